The van der Waals surface area contributed by atoms with Gasteiger partial charge in [-0.15, -0.1) is 0 Å². The van der Waals surface area contributed by atoms with Gasteiger partial charge in [0.15, 0.2) is 0 Å². The Kier molecular flexibility index (Phi) is 46.0. The first-order valence-electron chi connectivity index (χ1n) is 23.8. The maximum atomic E-state index is 4.45. The van der Waals surface area contributed by atoms with Crippen molar-refractivity contribution in [2.75, 3.05) is 0 Å². The van der Waals surface area contributed by atoms with Gasteiger partial charge in [0.05, 0.1) is 0 Å². The van der Waals surface area contributed by atoms with Gasteiger partial charge >= 0.3 is 0 Å². The summed E-state index contributed by atoms with van der Waals surface area (Å²) >= 11 is 0. The molecule has 0 radical (unpaired) electrons. The van der Waals surface area contributed by atoms with Gasteiger partial charge in [0.25, 0.3) is 0 Å². The zero-order valence-corrected chi connectivity index (χ0v) is 41.5. The van der Waals surface area contributed by atoms with Crippen LogP contribution in [0.1, 0.15) is 221 Å². The second-order valence-electron chi connectivity index (χ2n) is 15.3. The molecule has 0 N–H and O–H groups in total. The molecule has 0 spiro atoms. The van der Waals surface area contributed by atoms with Gasteiger partial charge in [0.2, 0.25) is 0 Å². The van der Waals surface area contributed by atoms with E-state index in [1.807, 2.05) is 85.5 Å². The van der Waals surface area contributed by atoms with Crippen molar-refractivity contribution in [1.29, 1.82) is 0 Å². The number of hydrogen-bond acceptors (Lipinski definition) is 4. The van der Waals surface area contributed by atoms with Crippen LogP contribution in [-0.2, 0) is 0 Å². The molecule has 4 heterocycles. The van der Waals surface area contributed by atoms with E-state index in [1.165, 1.54) is 81.9 Å². The Morgan fingerprint density at radius 3 is 0.950 bits per heavy atom. The van der Waals surface area contributed by atoms with Crippen molar-refractivity contribution >= 4 is 0 Å². The predicted molar refractivity (Wildman–Crippen MR) is 269 cm³/mol. The lowest BCUT2D eigenvalue weighted by Crippen LogP contribution is -2.14. The molecule has 6 rings (SSSR count). The average molecular weight is 821 g/mol. The van der Waals surface area contributed by atoms with E-state index < -0.39 is 0 Å². The third kappa shape index (κ3) is 32.6. The van der Waals surface area contributed by atoms with E-state index in [2.05, 4.69) is 166 Å². The van der Waals surface area contributed by atoms with Crippen molar-refractivity contribution in [3.8, 4) is 0 Å². The van der Waals surface area contributed by atoms with Crippen molar-refractivity contribution in [1.82, 2.24) is 19.9 Å². The molecule has 1 aromatic carbocycles. The molecule has 1 aliphatic rings. The largest absolute Gasteiger partial charge is 0.261 e. The van der Waals surface area contributed by atoms with Crippen molar-refractivity contribution in [3.05, 3.63) is 156 Å². The van der Waals surface area contributed by atoms with Crippen molar-refractivity contribution < 1.29 is 0 Å². The second-order valence-corrected chi connectivity index (χ2v) is 15.3. The van der Waals surface area contributed by atoms with Gasteiger partial charge in [-0.3, -0.25) is 19.9 Å². The van der Waals surface area contributed by atoms with Crippen LogP contribution in [0.2, 0.25) is 0 Å². The number of aromatic nitrogens is 4. The van der Waals surface area contributed by atoms with Gasteiger partial charge < -0.3 is 0 Å². The minimum absolute atomic E-state index is 0.261. The van der Waals surface area contributed by atoms with Gasteiger partial charge in [0.1, 0.15) is 0 Å². The fourth-order valence-corrected chi connectivity index (χ4v) is 5.48. The molecule has 2 atom stereocenters. The fourth-order valence-electron chi connectivity index (χ4n) is 5.48. The van der Waals surface area contributed by atoms with Crippen LogP contribution in [-0.4, -0.2) is 19.9 Å². The fraction of sp³-hybridized carbons (Fsp3) is 0.536. The van der Waals surface area contributed by atoms with Crippen LogP contribution in [0, 0.1) is 5.92 Å². The highest BCUT2D eigenvalue weighted by atomic mass is 14.7. The Hall–Kier alpha value is -4.18. The van der Waals surface area contributed by atoms with Crippen molar-refractivity contribution in [3.63, 3.8) is 0 Å². The molecule has 5 aromatic rings. The first kappa shape index (κ1) is 60.1. The summed E-state index contributed by atoms with van der Waals surface area (Å²) in [6.07, 6.45) is 22.0. The highest BCUT2D eigenvalue weighted by Crippen LogP contribution is 2.34. The highest BCUT2D eigenvalue weighted by molar-refractivity contribution is 5.27. The lowest BCUT2D eigenvalue weighted by atomic mass is 9.79. The molecule has 2 unspecified atom stereocenters. The standard InChI is InChI=1S/C13H19N.C13H13N.C12H12N2.6C3H8/c2*1-11(12-7-3-2-4-8-12)13-9-5-6-10-14-13;1-10(11-6-2-4-8-13-11)12-7-3-5-9-14-12;6*1-3-2/h5-6,9-12H,2-4,7-8H2,1H3;2-11H,1H3;2-10H,1H3;6*3H2,1-2H3. The lowest BCUT2D eigenvalue weighted by molar-refractivity contribution is 0.313. The summed E-state index contributed by atoms with van der Waals surface area (Å²) in [7, 11) is 0. The molecule has 4 heteroatoms. The summed E-state index contributed by atoms with van der Waals surface area (Å²) in [4.78, 5) is 17.4. The quantitative estimate of drug-likeness (QED) is 0.171. The van der Waals surface area contributed by atoms with Crippen LogP contribution in [0.3, 0.4) is 0 Å². The summed E-state index contributed by atoms with van der Waals surface area (Å²) in [5.74, 6) is 2.16. The smallest absolute Gasteiger partial charge is 0.0491 e. The minimum atomic E-state index is 0.261. The molecule has 336 valence electrons. The SMILES string of the molecule is CC(c1ccccc1)c1ccccn1.CC(c1ccccn1)C1CCCCC1.CC(c1ccccn1)c1ccccn1.CCC.CCC.CCC.CCC.CCC.CCC. The summed E-state index contributed by atoms with van der Waals surface area (Å²) in [5, 5.41) is 0. The normalized spacial score (nSPS) is 11.9. The molecule has 1 saturated carbocycles. The highest BCUT2D eigenvalue weighted by Gasteiger charge is 2.21. The van der Waals surface area contributed by atoms with E-state index in [1.54, 1.807) is 0 Å². The molecule has 0 saturated heterocycles. The molecular formula is C56H92N4. The maximum Gasteiger partial charge on any atom is 0.0491 e. The Balaban J connectivity index is -0.000000678. The van der Waals surface area contributed by atoms with E-state index >= 15 is 0 Å². The number of benzene rings is 1. The monoisotopic (exact) mass is 821 g/mol. The van der Waals surface area contributed by atoms with Crippen LogP contribution in [0.4, 0.5) is 0 Å². The Labute approximate surface area is 373 Å². The van der Waals surface area contributed by atoms with E-state index in [0.717, 1.165) is 23.0 Å². The zero-order valence-electron chi connectivity index (χ0n) is 41.5. The van der Waals surface area contributed by atoms with Gasteiger partial charge in [-0.25, -0.2) is 0 Å². The van der Waals surface area contributed by atoms with Crippen molar-refractivity contribution in [2.45, 2.75) is 192 Å². The Bertz CT molecular complexity index is 1300. The van der Waals surface area contributed by atoms with Crippen molar-refractivity contribution in [2.24, 2.45) is 5.92 Å². The molecule has 0 aliphatic heterocycles. The number of rotatable bonds is 6. The number of hydrogen-bond donors (Lipinski definition) is 0. The molecule has 60 heavy (non-hydrogen) atoms. The minimum Gasteiger partial charge on any atom is -0.261 e. The Morgan fingerprint density at radius 2 is 0.650 bits per heavy atom. The summed E-state index contributed by atoms with van der Waals surface area (Å²) in [6.45, 7) is 32.1. The average Bonchev–Trinajstić information content (AvgIpc) is 3.29. The molecule has 1 fully saturated rings. The maximum absolute atomic E-state index is 4.45. The molecule has 4 nitrogen and oxygen atoms in total. The summed E-state index contributed by atoms with van der Waals surface area (Å²) < 4.78 is 0. The van der Waals surface area contributed by atoms with E-state index in [9.17, 15) is 0 Å². The lowest BCUT2D eigenvalue weighted by Gasteiger charge is -2.27. The first-order chi connectivity index (χ1) is 29.1. The van der Waals surface area contributed by atoms with Gasteiger partial charge in [-0.1, -0.05) is 216 Å². The Morgan fingerprint density at radius 1 is 0.367 bits per heavy atom. The van der Waals surface area contributed by atoms with E-state index in [0.29, 0.717) is 11.8 Å². The molecular weight excluding hydrogens is 729 g/mol. The summed E-state index contributed by atoms with van der Waals surface area (Å²) in [6, 6.07) is 34.7. The third-order valence-corrected chi connectivity index (χ3v) is 8.21. The molecule has 1 aliphatic carbocycles. The van der Waals surface area contributed by atoms with Gasteiger partial charge in [-0.05, 0) is 72.9 Å². The molecule has 0 bridgehead atoms. The molecule has 4 aromatic heterocycles. The van der Waals surface area contributed by atoms with E-state index in [4.69, 9.17) is 0 Å². The first-order valence-corrected chi connectivity index (χ1v) is 23.8. The number of pyridine rings is 4. The van der Waals surface area contributed by atoms with Crippen LogP contribution < -0.4 is 0 Å². The predicted octanol–water partition coefficient (Wildman–Crippen LogP) is 18.1. The van der Waals surface area contributed by atoms with E-state index in [-0.39, 0.29) is 5.92 Å². The summed E-state index contributed by atoms with van der Waals surface area (Å²) in [5.41, 5.74) is 5.83. The zero-order chi connectivity index (χ0) is 45.7. The second kappa shape index (κ2) is 45.9. The third-order valence-electron chi connectivity index (χ3n) is 8.21. The van der Waals surface area contributed by atoms with Crippen LogP contribution in [0.25, 0.3) is 0 Å². The van der Waals surface area contributed by atoms with Crippen LogP contribution in [0.15, 0.2) is 128 Å². The van der Waals surface area contributed by atoms with Crippen LogP contribution in [0.5, 0.6) is 0 Å². The van der Waals surface area contributed by atoms with Gasteiger partial charge in [0, 0.05) is 65.3 Å². The van der Waals surface area contributed by atoms with Crippen LogP contribution >= 0.6 is 0 Å². The topological polar surface area (TPSA) is 51.6 Å². The van der Waals surface area contributed by atoms with Gasteiger partial charge in [-0.2, -0.15) is 0 Å². The molecule has 0 amide bonds. The number of nitrogens with zero attached hydrogens (tertiary/aromatic N) is 4.